The molecule has 0 radical (unpaired) electrons. The van der Waals surface area contributed by atoms with Gasteiger partial charge in [0.1, 0.15) is 11.9 Å². The monoisotopic (exact) mass is 253 g/mol. The molecule has 1 fully saturated rings. The largest absolute Gasteiger partial charge is 0.480 e. The van der Waals surface area contributed by atoms with E-state index in [1.165, 1.54) is 18.5 Å². The van der Waals surface area contributed by atoms with Crippen LogP contribution in [0.1, 0.15) is 44.1 Å². The maximum absolute atomic E-state index is 10.1. The molecule has 1 saturated heterocycles. The molecule has 5 nitrogen and oxygen atoms in total. The number of nitrogens with one attached hydrogen (secondary N) is 2. The number of hydrogen-bond acceptors (Lipinski definition) is 3. The summed E-state index contributed by atoms with van der Waals surface area (Å²) in [4.78, 5) is 17.5. The zero-order chi connectivity index (χ0) is 13.4. The summed E-state index contributed by atoms with van der Waals surface area (Å²) in [5.74, 6) is 0.300. The van der Waals surface area contributed by atoms with E-state index in [0.717, 1.165) is 31.6 Å². The average molecular weight is 253 g/mol. The first-order chi connectivity index (χ1) is 8.63. The van der Waals surface area contributed by atoms with Crippen molar-refractivity contribution in [3.05, 3.63) is 17.7 Å². The molecule has 0 amide bonds. The number of carboxylic acids is 1. The molecule has 1 atom stereocenters. The highest BCUT2D eigenvalue weighted by atomic mass is 16.4. The molecule has 1 aliphatic heterocycles. The lowest BCUT2D eigenvalue weighted by atomic mass is 10.2. The summed E-state index contributed by atoms with van der Waals surface area (Å²) in [5, 5.41) is 11.2. The zero-order valence-corrected chi connectivity index (χ0v) is 11.2. The van der Waals surface area contributed by atoms with E-state index in [-0.39, 0.29) is 6.04 Å². The van der Waals surface area contributed by atoms with Crippen molar-refractivity contribution >= 4 is 5.97 Å². The van der Waals surface area contributed by atoms with Gasteiger partial charge < -0.3 is 15.4 Å². The molecule has 0 unspecified atom stereocenters. The zero-order valence-electron chi connectivity index (χ0n) is 11.2. The normalized spacial score (nSPS) is 18.2. The van der Waals surface area contributed by atoms with Gasteiger partial charge >= 0.3 is 5.97 Å². The fourth-order valence-corrected chi connectivity index (χ4v) is 1.86. The predicted molar refractivity (Wildman–Crippen MR) is 70.6 cm³/mol. The van der Waals surface area contributed by atoms with Crippen LogP contribution in [0.4, 0.5) is 0 Å². The molecule has 0 aliphatic carbocycles. The van der Waals surface area contributed by atoms with Gasteiger partial charge in [-0.15, -0.1) is 0 Å². The third kappa shape index (κ3) is 5.31. The van der Waals surface area contributed by atoms with Gasteiger partial charge in [0.05, 0.1) is 0 Å². The van der Waals surface area contributed by atoms with Crippen molar-refractivity contribution in [3.63, 3.8) is 0 Å². The summed E-state index contributed by atoms with van der Waals surface area (Å²) in [6.07, 6.45) is 7.34. The topological polar surface area (TPSA) is 78.0 Å². The quantitative estimate of drug-likeness (QED) is 0.765. The van der Waals surface area contributed by atoms with E-state index >= 15 is 0 Å². The Morgan fingerprint density at radius 3 is 2.78 bits per heavy atom. The molecule has 0 saturated carbocycles. The van der Waals surface area contributed by atoms with E-state index in [2.05, 4.69) is 22.2 Å². The molecule has 3 N–H and O–H groups in total. The number of aromatic nitrogens is 2. The second-order valence-electron chi connectivity index (χ2n) is 4.58. The molecule has 0 bridgehead atoms. The van der Waals surface area contributed by atoms with E-state index in [1.807, 2.05) is 13.1 Å². The first-order valence-electron chi connectivity index (χ1n) is 6.60. The van der Waals surface area contributed by atoms with Crippen LogP contribution < -0.4 is 5.32 Å². The SMILES string of the molecule is CCCCc1cnc(C)[nH]1.O=C(O)[C@@H]1CCCN1. The number of aromatic amines is 1. The van der Waals surface area contributed by atoms with Crippen LogP contribution in [0.2, 0.25) is 0 Å². The summed E-state index contributed by atoms with van der Waals surface area (Å²) >= 11 is 0. The minimum atomic E-state index is -0.720. The summed E-state index contributed by atoms with van der Waals surface area (Å²) in [5.41, 5.74) is 1.26. The lowest BCUT2D eigenvalue weighted by molar-refractivity contribution is -0.139. The van der Waals surface area contributed by atoms with Gasteiger partial charge in [-0.25, -0.2) is 4.98 Å². The van der Waals surface area contributed by atoms with Crippen LogP contribution in [0.5, 0.6) is 0 Å². The third-order valence-electron chi connectivity index (χ3n) is 2.91. The number of carboxylic acid groups (broad SMARTS) is 1. The number of nitrogens with zero attached hydrogens (tertiary/aromatic N) is 1. The van der Waals surface area contributed by atoms with Crippen LogP contribution in [0.15, 0.2) is 6.20 Å². The van der Waals surface area contributed by atoms with Gasteiger partial charge in [-0.05, 0) is 39.2 Å². The third-order valence-corrected chi connectivity index (χ3v) is 2.91. The van der Waals surface area contributed by atoms with Crippen LogP contribution in [0, 0.1) is 6.92 Å². The van der Waals surface area contributed by atoms with Crippen molar-refractivity contribution in [2.45, 2.75) is 52.0 Å². The highest BCUT2D eigenvalue weighted by Crippen LogP contribution is 2.03. The Labute approximate surface area is 108 Å². The smallest absolute Gasteiger partial charge is 0.320 e. The molecular formula is C13H23N3O2. The van der Waals surface area contributed by atoms with Crippen LogP contribution in [-0.4, -0.2) is 33.6 Å². The predicted octanol–water partition coefficient (Wildman–Crippen LogP) is 1.88. The first-order valence-corrected chi connectivity index (χ1v) is 6.60. The fourth-order valence-electron chi connectivity index (χ4n) is 1.86. The number of hydrogen-bond donors (Lipinski definition) is 3. The Bertz CT molecular complexity index is 357. The van der Waals surface area contributed by atoms with E-state index in [9.17, 15) is 4.79 Å². The molecule has 1 aliphatic rings. The van der Waals surface area contributed by atoms with Crippen molar-refractivity contribution < 1.29 is 9.90 Å². The summed E-state index contributed by atoms with van der Waals surface area (Å²) in [7, 11) is 0. The Kier molecular flexibility index (Phi) is 6.43. The maximum Gasteiger partial charge on any atom is 0.320 e. The number of carbonyl (C=O) groups is 1. The second-order valence-corrected chi connectivity index (χ2v) is 4.58. The lowest BCUT2D eigenvalue weighted by Crippen LogP contribution is -2.29. The van der Waals surface area contributed by atoms with Crippen molar-refractivity contribution in [1.82, 2.24) is 15.3 Å². The molecule has 1 aromatic heterocycles. The molecule has 102 valence electrons. The van der Waals surface area contributed by atoms with Crippen molar-refractivity contribution in [3.8, 4) is 0 Å². The molecular weight excluding hydrogens is 230 g/mol. The Hall–Kier alpha value is -1.36. The molecule has 0 aromatic carbocycles. The highest BCUT2D eigenvalue weighted by molar-refractivity contribution is 5.73. The van der Waals surface area contributed by atoms with Gasteiger partial charge in [-0.3, -0.25) is 4.79 Å². The molecule has 1 aromatic rings. The number of imidazole rings is 1. The number of unbranched alkanes of at least 4 members (excludes halogenated alkanes) is 1. The molecule has 18 heavy (non-hydrogen) atoms. The average Bonchev–Trinajstić information content (AvgIpc) is 2.98. The lowest BCUT2D eigenvalue weighted by Gasteiger charge is -1.99. The number of H-pyrrole nitrogens is 1. The summed E-state index contributed by atoms with van der Waals surface area (Å²) in [6, 6.07) is -0.269. The molecule has 0 spiro atoms. The van der Waals surface area contributed by atoms with Crippen molar-refractivity contribution in [2.24, 2.45) is 0 Å². The summed E-state index contributed by atoms with van der Waals surface area (Å²) < 4.78 is 0. The highest BCUT2D eigenvalue weighted by Gasteiger charge is 2.20. The number of aliphatic carboxylic acids is 1. The molecule has 2 rings (SSSR count). The second kappa shape index (κ2) is 7.87. The van der Waals surface area contributed by atoms with Crippen LogP contribution in [0.3, 0.4) is 0 Å². The van der Waals surface area contributed by atoms with Gasteiger partial charge in [0, 0.05) is 11.9 Å². The fraction of sp³-hybridized carbons (Fsp3) is 0.692. The summed E-state index contributed by atoms with van der Waals surface area (Å²) in [6.45, 7) is 5.04. The minimum Gasteiger partial charge on any atom is -0.480 e. The molecule has 5 heteroatoms. The Balaban J connectivity index is 0.000000184. The molecule has 2 heterocycles. The Morgan fingerprint density at radius 1 is 1.61 bits per heavy atom. The van der Waals surface area contributed by atoms with E-state index in [4.69, 9.17) is 5.11 Å². The van der Waals surface area contributed by atoms with Gasteiger partial charge in [0.2, 0.25) is 0 Å². The minimum absolute atomic E-state index is 0.269. The van der Waals surface area contributed by atoms with Gasteiger partial charge in [0.15, 0.2) is 0 Å². The first kappa shape index (κ1) is 14.7. The van der Waals surface area contributed by atoms with Crippen LogP contribution in [-0.2, 0) is 11.2 Å². The van der Waals surface area contributed by atoms with Crippen LogP contribution in [0.25, 0.3) is 0 Å². The van der Waals surface area contributed by atoms with Crippen LogP contribution >= 0.6 is 0 Å². The number of rotatable bonds is 4. The van der Waals surface area contributed by atoms with E-state index in [0.29, 0.717) is 0 Å². The van der Waals surface area contributed by atoms with Crippen molar-refractivity contribution in [2.75, 3.05) is 6.54 Å². The van der Waals surface area contributed by atoms with Gasteiger partial charge in [-0.1, -0.05) is 13.3 Å². The standard InChI is InChI=1S/C8H14N2.C5H9NO2/c1-3-4-5-8-6-9-7(2)10-8;7-5(8)4-2-1-3-6-4/h6H,3-5H2,1-2H3,(H,9,10);4,6H,1-3H2,(H,7,8)/t;4-/m.0/s1. The van der Waals surface area contributed by atoms with Gasteiger partial charge in [-0.2, -0.15) is 0 Å². The number of aryl methyl sites for hydroxylation is 2. The maximum atomic E-state index is 10.1. The van der Waals surface area contributed by atoms with E-state index < -0.39 is 5.97 Å². The van der Waals surface area contributed by atoms with Crippen molar-refractivity contribution in [1.29, 1.82) is 0 Å². The van der Waals surface area contributed by atoms with Gasteiger partial charge in [0.25, 0.3) is 0 Å². The Morgan fingerprint density at radius 2 is 2.39 bits per heavy atom. The van der Waals surface area contributed by atoms with E-state index in [1.54, 1.807) is 0 Å².